The Hall–Kier alpha value is -0.160. The Morgan fingerprint density at radius 3 is 2.53 bits per heavy atom. The normalized spacial score (nSPS) is 43.4. The highest BCUT2D eigenvalue weighted by Crippen LogP contribution is 2.14. The van der Waals surface area contributed by atoms with Gasteiger partial charge in [0, 0.05) is 32.2 Å². The van der Waals surface area contributed by atoms with Gasteiger partial charge in [-0.05, 0) is 20.3 Å². The second kappa shape index (κ2) is 4.78. The van der Waals surface area contributed by atoms with Gasteiger partial charge >= 0.3 is 0 Å². The third-order valence-electron chi connectivity index (χ3n) is 3.17. The van der Waals surface area contributed by atoms with Crippen LogP contribution < -0.4 is 5.32 Å². The maximum atomic E-state index is 9.43. The van der Waals surface area contributed by atoms with Gasteiger partial charge in [0.2, 0.25) is 0 Å². The zero-order valence-electron chi connectivity index (χ0n) is 9.65. The summed E-state index contributed by atoms with van der Waals surface area (Å²) in [5.41, 5.74) is 0. The summed E-state index contributed by atoms with van der Waals surface area (Å²) in [5, 5.41) is 12.8. The van der Waals surface area contributed by atoms with E-state index >= 15 is 0 Å². The molecule has 0 saturated carbocycles. The molecule has 2 aliphatic heterocycles. The molecule has 4 heteroatoms. The van der Waals surface area contributed by atoms with Gasteiger partial charge in [-0.3, -0.25) is 4.90 Å². The summed E-state index contributed by atoms with van der Waals surface area (Å²) in [6.45, 7) is 8.06. The van der Waals surface area contributed by atoms with Gasteiger partial charge < -0.3 is 15.2 Å². The first-order valence-electron chi connectivity index (χ1n) is 5.92. The van der Waals surface area contributed by atoms with Crippen LogP contribution in [0.15, 0.2) is 0 Å². The molecule has 0 aromatic heterocycles. The van der Waals surface area contributed by atoms with Crippen LogP contribution in [0.25, 0.3) is 0 Å². The van der Waals surface area contributed by atoms with Gasteiger partial charge in [0.1, 0.15) is 0 Å². The minimum atomic E-state index is -0.147. The first kappa shape index (κ1) is 11.3. The van der Waals surface area contributed by atoms with Crippen molar-refractivity contribution >= 4 is 0 Å². The number of morpholine rings is 1. The molecule has 0 bridgehead atoms. The van der Waals surface area contributed by atoms with Crippen LogP contribution in [-0.2, 0) is 4.74 Å². The molecular weight excluding hydrogens is 192 g/mol. The van der Waals surface area contributed by atoms with Crippen molar-refractivity contribution in [3.05, 3.63) is 0 Å². The highest BCUT2D eigenvalue weighted by Gasteiger charge is 2.27. The summed E-state index contributed by atoms with van der Waals surface area (Å²) in [4.78, 5) is 2.44. The molecule has 2 aliphatic rings. The Labute approximate surface area is 91.6 Å². The van der Waals surface area contributed by atoms with Crippen LogP contribution in [0.3, 0.4) is 0 Å². The summed E-state index contributed by atoms with van der Waals surface area (Å²) in [7, 11) is 0. The number of hydrogen-bond donors (Lipinski definition) is 2. The lowest BCUT2D eigenvalue weighted by molar-refractivity contribution is -0.0696. The minimum absolute atomic E-state index is 0.147. The summed E-state index contributed by atoms with van der Waals surface area (Å²) in [6.07, 6.45) is 1.41. The van der Waals surface area contributed by atoms with E-state index in [9.17, 15) is 5.11 Å². The van der Waals surface area contributed by atoms with Crippen LogP contribution in [0.1, 0.15) is 20.3 Å². The smallest absolute Gasteiger partial charge is 0.0680 e. The van der Waals surface area contributed by atoms with E-state index < -0.39 is 0 Å². The Balaban J connectivity index is 1.78. The predicted molar refractivity (Wildman–Crippen MR) is 58.9 cm³/mol. The molecule has 2 saturated heterocycles. The van der Waals surface area contributed by atoms with E-state index in [0.717, 1.165) is 32.6 Å². The van der Waals surface area contributed by atoms with Crippen molar-refractivity contribution in [1.82, 2.24) is 10.2 Å². The molecule has 4 nitrogen and oxygen atoms in total. The first-order valence-corrected chi connectivity index (χ1v) is 5.92. The number of aliphatic hydroxyl groups is 1. The van der Waals surface area contributed by atoms with Gasteiger partial charge in [0.05, 0.1) is 18.3 Å². The number of hydrogen-bond acceptors (Lipinski definition) is 4. The van der Waals surface area contributed by atoms with Crippen molar-refractivity contribution in [2.24, 2.45) is 0 Å². The largest absolute Gasteiger partial charge is 0.392 e. The third kappa shape index (κ3) is 3.14. The SMILES string of the molecule is C[C@@H]1CN(CC2CC(O)CN2)C[C@H](C)O1. The number of nitrogens with zero attached hydrogens (tertiary/aromatic N) is 1. The standard InChI is InChI=1S/C11H22N2O2/c1-8-5-13(6-9(2)15-8)7-10-3-11(14)4-12-10/h8-12,14H,3-7H2,1-2H3/t8-,9+,10?,11?. The van der Waals surface area contributed by atoms with Crippen LogP contribution in [0, 0.1) is 0 Å². The summed E-state index contributed by atoms with van der Waals surface area (Å²) < 4.78 is 5.69. The van der Waals surface area contributed by atoms with Crippen molar-refractivity contribution in [2.45, 2.75) is 44.6 Å². The van der Waals surface area contributed by atoms with Crippen molar-refractivity contribution in [3.63, 3.8) is 0 Å². The molecule has 2 unspecified atom stereocenters. The fourth-order valence-corrected chi connectivity index (χ4v) is 2.68. The fraction of sp³-hybridized carbons (Fsp3) is 1.00. The van der Waals surface area contributed by atoms with Crippen LogP contribution in [0.5, 0.6) is 0 Å². The van der Waals surface area contributed by atoms with Crippen molar-refractivity contribution in [2.75, 3.05) is 26.2 Å². The molecule has 2 fully saturated rings. The first-order chi connectivity index (χ1) is 7.13. The molecule has 15 heavy (non-hydrogen) atoms. The highest BCUT2D eigenvalue weighted by molar-refractivity contribution is 4.85. The number of nitrogens with one attached hydrogen (secondary N) is 1. The van der Waals surface area contributed by atoms with E-state index in [-0.39, 0.29) is 6.10 Å². The number of rotatable bonds is 2. The van der Waals surface area contributed by atoms with Gasteiger partial charge in [-0.15, -0.1) is 0 Å². The van der Waals surface area contributed by atoms with Crippen LogP contribution in [0.4, 0.5) is 0 Å². The molecule has 0 aromatic carbocycles. The van der Waals surface area contributed by atoms with Gasteiger partial charge in [-0.25, -0.2) is 0 Å². The highest BCUT2D eigenvalue weighted by atomic mass is 16.5. The molecule has 0 radical (unpaired) electrons. The molecule has 0 amide bonds. The van der Waals surface area contributed by atoms with Crippen molar-refractivity contribution in [1.29, 1.82) is 0 Å². The van der Waals surface area contributed by atoms with Gasteiger partial charge in [-0.1, -0.05) is 0 Å². The number of β-amino-alcohol motifs (C(OH)–C–C–N with tert-alkyl or cyclic N) is 1. The molecule has 88 valence electrons. The van der Waals surface area contributed by atoms with E-state index in [0.29, 0.717) is 18.2 Å². The van der Waals surface area contributed by atoms with E-state index in [4.69, 9.17) is 4.74 Å². The van der Waals surface area contributed by atoms with E-state index in [1.807, 2.05) is 0 Å². The van der Waals surface area contributed by atoms with Crippen molar-refractivity contribution < 1.29 is 9.84 Å². The van der Waals surface area contributed by atoms with Gasteiger partial charge in [0.25, 0.3) is 0 Å². The average molecular weight is 214 g/mol. The van der Waals surface area contributed by atoms with Crippen LogP contribution in [0.2, 0.25) is 0 Å². The lowest BCUT2D eigenvalue weighted by Crippen LogP contribution is -2.49. The lowest BCUT2D eigenvalue weighted by atomic mass is 10.1. The Morgan fingerprint density at radius 2 is 2.00 bits per heavy atom. The van der Waals surface area contributed by atoms with E-state index in [1.54, 1.807) is 0 Å². The lowest BCUT2D eigenvalue weighted by Gasteiger charge is -2.36. The quantitative estimate of drug-likeness (QED) is 0.669. The van der Waals surface area contributed by atoms with Gasteiger partial charge in [0.15, 0.2) is 0 Å². The maximum Gasteiger partial charge on any atom is 0.0680 e. The zero-order chi connectivity index (χ0) is 10.8. The maximum absolute atomic E-state index is 9.43. The second-order valence-electron chi connectivity index (χ2n) is 4.97. The van der Waals surface area contributed by atoms with E-state index in [2.05, 4.69) is 24.1 Å². The van der Waals surface area contributed by atoms with Crippen LogP contribution in [-0.4, -0.2) is 60.5 Å². The molecule has 2 rings (SSSR count). The summed E-state index contributed by atoms with van der Waals surface area (Å²) in [6, 6.07) is 0.456. The molecule has 4 atom stereocenters. The molecule has 2 heterocycles. The van der Waals surface area contributed by atoms with E-state index in [1.165, 1.54) is 0 Å². The molecule has 2 N–H and O–H groups in total. The number of aliphatic hydroxyl groups excluding tert-OH is 1. The van der Waals surface area contributed by atoms with Crippen LogP contribution >= 0.6 is 0 Å². The zero-order valence-corrected chi connectivity index (χ0v) is 9.65. The Bertz CT molecular complexity index is 203. The Kier molecular flexibility index (Phi) is 3.61. The van der Waals surface area contributed by atoms with Crippen molar-refractivity contribution in [3.8, 4) is 0 Å². The molecule has 0 spiro atoms. The molecule has 0 aliphatic carbocycles. The fourth-order valence-electron chi connectivity index (χ4n) is 2.68. The minimum Gasteiger partial charge on any atom is -0.392 e. The summed E-state index contributed by atoms with van der Waals surface area (Å²) in [5.74, 6) is 0. The number of ether oxygens (including phenoxy) is 1. The predicted octanol–water partition coefficient (Wildman–Crippen LogP) is -0.182. The molecular formula is C11H22N2O2. The van der Waals surface area contributed by atoms with Gasteiger partial charge in [-0.2, -0.15) is 0 Å². The summed E-state index contributed by atoms with van der Waals surface area (Å²) >= 11 is 0. The topological polar surface area (TPSA) is 44.7 Å². The molecule has 0 aromatic rings. The average Bonchev–Trinajstić information content (AvgIpc) is 2.49. The third-order valence-corrected chi connectivity index (χ3v) is 3.17. The Morgan fingerprint density at radius 1 is 1.33 bits per heavy atom. The monoisotopic (exact) mass is 214 g/mol. The second-order valence-corrected chi connectivity index (χ2v) is 4.97.